The minimum Gasteiger partial charge on any atom is -0.547 e. The van der Waals surface area contributed by atoms with Crippen molar-refractivity contribution in [2.75, 3.05) is 0 Å². The first kappa shape index (κ1) is 29.2. The predicted molar refractivity (Wildman–Crippen MR) is 49.8 cm³/mol. The van der Waals surface area contributed by atoms with Gasteiger partial charge >= 0.3 is 43.3 Å². The summed E-state index contributed by atoms with van der Waals surface area (Å²) in [5.74, 6) is -8.23. The summed E-state index contributed by atoms with van der Waals surface area (Å²) in [5, 5.41) is 71.5. The average Bonchev–Trinajstić information content (AvgIpc) is 2.35. The van der Waals surface area contributed by atoms with E-state index in [4.69, 9.17) is 20.4 Å². The Hall–Kier alpha value is -0.864. The molecule has 0 saturated heterocycles. The number of carbonyl (C=O) groups excluding carboxylic acids is 4. The van der Waals surface area contributed by atoms with Crippen LogP contribution in [-0.4, -0.2) is 93.1 Å². The molecule has 12 nitrogen and oxygen atoms in total. The summed E-state index contributed by atoms with van der Waals surface area (Å²) in [6, 6.07) is 0. The van der Waals surface area contributed by atoms with Gasteiger partial charge in [0.2, 0.25) is 0 Å². The molecule has 0 aromatic carbocycles. The number of hydrogen-bond acceptors (Lipinski definition) is 12. The molecule has 0 saturated carbocycles. The van der Waals surface area contributed by atoms with Crippen molar-refractivity contribution < 1.29 is 78.9 Å². The molecular formula is C8H8LiO12Sb. The molecule has 0 fully saturated rings. The van der Waals surface area contributed by atoms with Gasteiger partial charge < -0.3 is 60.0 Å². The summed E-state index contributed by atoms with van der Waals surface area (Å²) in [7, 11) is 0. The normalized spacial score (nSPS) is 14.4. The Labute approximate surface area is 151 Å². The summed E-state index contributed by atoms with van der Waals surface area (Å²) >= 11 is 0. The molecule has 0 spiro atoms. The van der Waals surface area contributed by atoms with Crippen LogP contribution in [0.3, 0.4) is 0 Å². The Morgan fingerprint density at radius 3 is 0.682 bits per heavy atom. The Balaban J connectivity index is -0.000000135. The van der Waals surface area contributed by atoms with Gasteiger partial charge in [-0.2, -0.15) is 0 Å². The number of carbonyl (C=O) groups is 4. The number of hydrogen-bond donors (Lipinski definition) is 4. The first-order valence-electron chi connectivity index (χ1n) is 4.49. The number of aliphatic carboxylic acids is 4. The average molecular weight is 425 g/mol. The molecule has 0 aromatic rings. The van der Waals surface area contributed by atoms with Crippen LogP contribution >= 0.6 is 0 Å². The van der Waals surface area contributed by atoms with Gasteiger partial charge in [0.15, 0.2) is 0 Å². The van der Waals surface area contributed by atoms with Crippen LogP contribution in [0.1, 0.15) is 0 Å². The van der Waals surface area contributed by atoms with Crippen LogP contribution in [0, 0.1) is 0 Å². The molecule has 0 heterocycles. The summed E-state index contributed by atoms with van der Waals surface area (Å²) in [6.45, 7) is 0. The van der Waals surface area contributed by atoms with Gasteiger partial charge in [0.1, 0.15) is 24.4 Å². The first-order valence-corrected chi connectivity index (χ1v) is 4.49. The molecular weight excluding hydrogens is 417 g/mol. The van der Waals surface area contributed by atoms with Crippen molar-refractivity contribution >= 4 is 48.3 Å². The van der Waals surface area contributed by atoms with Crippen molar-refractivity contribution in [3.05, 3.63) is 0 Å². The van der Waals surface area contributed by atoms with Crippen molar-refractivity contribution in [3.8, 4) is 0 Å². The molecule has 2 radical (unpaired) electrons. The molecule has 4 N–H and O–H groups in total. The van der Waals surface area contributed by atoms with Gasteiger partial charge in [-0.05, 0) is 0 Å². The Morgan fingerprint density at radius 1 is 0.545 bits per heavy atom. The minimum absolute atomic E-state index is 0. The SMILES string of the molecule is O=C([O-])C(O)C(O)C(=O)[O-].O=C([O-])C(O)C(O)C(=O)[O-].[Li+].[Sb+3]. The van der Waals surface area contributed by atoms with Crippen LogP contribution in [0.5, 0.6) is 0 Å². The number of carboxylic acids is 4. The quantitative estimate of drug-likeness (QED) is 0.290. The van der Waals surface area contributed by atoms with E-state index in [0.717, 1.165) is 0 Å². The number of aliphatic hydroxyl groups is 4. The van der Waals surface area contributed by atoms with Gasteiger partial charge in [0.05, 0.1) is 23.9 Å². The van der Waals surface area contributed by atoms with Crippen LogP contribution < -0.4 is 39.3 Å². The molecule has 118 valence electrons. The third-order valence-corrected chi connectivity index (χ3v) is 1.56. The summed E-state index contributed by atoms with van der Waals surface area (Å²) in [4.78, 5) is 38.5. The van der Waals surface area contributed by atoms with Crippen LogP contribution in [0.4, 0.5) is 0 Å². The zero-order valence-corrected chi connectivity index (χ0v) is 13.4. The monoisotopic (exact) mass is 424 g/mol. The summed E-state index contributed by atoms with van der Waals surface area (Å²) < 4.78 is 0. The fourth-order valence-corrected chi connectivity index (χ4v) is 0.516. The van der Waals surface area contributed by atoms with Crippen LogP contribution in [0.15, 0.2) is 0 Å². The van der Waals surface area contributed by atoms with Gasteiger partial charge in [0.25, 0.3) is 0 Å². The zero-order valence-electron chi connectivity index (χ0n) is 10.8. The number of aliphatic hydroxyl groups excluding tert-OH is 4. The molecule has 22 heavy (non-hydrogen) atoms. The predicted octanol–water partition coefficient (Wildman–Crippen LogP) is -13.0. The standard InChI is InChI=1S/2C4H6O6.Li.Sb/c2*5-1(3(7)8)2(6)4(9)10;;/h2*1-2,5-6H,(H,7,8)(H,9,10);;/q;;+1;+3/p-4. The van der Waals surface area contributed by atoms with E-state index in [2.05, 4.69) is 0 Å². The third-order valence-electron chi connectivity index (χ3n) is 1.56. The van der Waals surface area contributed by atoms with E-state index in [9.17, 15) is 39.6 Å². The maximum Gasteiger partial charge on any atom is 3.00 e. The molecule has 4 atom stereocenters. The smallest absolute Gasteiger partial charge is 0.547 e. The second kappa shape index (κ2) is 13.8. The second-order valence-corrected chi connectivity index (χ2v) is 3.06. The van der Waals surface area contributed by atoms with Crippen molar-refractivity contribution in [1.82, 2.24) is 0 Å². The first-order chi connectivity index (χ1) is 8.93. The Morgan fingerprint density at radius 2 is 0.636 bits per heavy atom. The van der Waals surface area contributed by atoms with Crippen LogP contribution in [0.2, 0.25) is 0 Å². The van der Waals surface area contributed by atoms with E-state index in [1.54, 1.807) is 0 Å². The molecule has 0 aliphatic rings. The second-order valence-electron chi connectivity index (χ2n) is 3.06. The molecule has 4 unspecified atom stereocenters. The van der Waals surface area contributed by atoms with Crippen LogP contribution in [0.25, 0.3) is 0 Å². The zero-order chi connectivity index (χ0) is 16.6. The maximum absolute atomic E-state index is 9.63. The van der Waals surface area contributed by atoms with E-state index in [1.807, 2.05) is 0 Å². The number of carboxylic acid groups (broad SMARTS) is 4. The largest absolute Gasteiger partial charge is 3.00 e. The number of rotatable bonds is 6. The van der Waals surface area contributed by atoms with E-state index in [0.29, 0.717) is 0 Å². The van der Waals surface area contributed by atoms with E-state index in [1.165, 1.54) is 0 Å². The molecule has 0 rings (SSSR count). The van der Waals surface area contributed by atoms with Gasteiger partial charge in [-0.15, -0.1) is 0 Å². The molecule has 0 aliphatic carbocycles. The molecule has 0 amide bonds. The topological polar surface area (TPSA) is 241 Å². The minimum atomic E-state index is -2.44. The molecule has 0 bridgehead atoms. The van der Waals surface area contributed by atoms with Crippen molar-refractivity contribution in [2.24, 2.45) is 0 Å². The summed E-state index contributed by atoms with van der Waals surface area (Å²) in [5.41, 5.74) is 0. The Kier molecular flexibility index (Phi) is 18.3. The van der Waals surface area contributed by atoms with Crippen molar-refractivity contribution in [1.29, 1.82) is 0 Å². The molecule has 0 aliphatic heterocycles. The van der Waals surface area contributed by atoms with Crippen molar-refractivity contribution in [2.45, 2.75) is 24.4 Å². The maximum atomic E-state index is 9.63. The van der Waals surface area contributed by atoms with Gasteiger partial charge in [-0.25, -0.2) is 0 Å². The van der Waals surface area contributed by atoms with Crippen molar-refractivity contribution in [3.63, 3.8) is 0 Å². The van der Waals surface area contributed by atoms with Gasteiger partial charge in [0, 0.05) is 0 Å². The third kappa shape index (κ3) is 11.8. The van der Waals surface area contributed by atoms with Gasteiger partial charge in [-0.1, -0.05) is 0 Å². The van der Waals surface area contributed by atoms with Gasteiger partial charge in [-0.3, -0.25) is 0 Å². The Bertz CT molecular complexity index is 315. The van der Waals surface area contributed by atoms with E-state index in [-0.39, 0.29) is 43.3 Å². The fourth-order valence-electron chi connectivity index (χ4n) is 0.516. The van der Waals surface area contributed by atoms with Crippen LogP contribution in [-0.2, 0) is 19.2 Å². The van der Waals surface area contributed by atoms with E-state index < -0.39 is 48.3 Å². The molecule has 0 aromatic heterocycles. The fraction of sp³-hybridized carbons (Fsp3) is 0.500. The summed E-state index contributed by atoms with van der Waals surface area (Å²) in [6.07, 6.45) is -9.76. The molecule has 14 heteroatoms. The van der Waals surface area contributed by atoms with E-state index >= 15 is 0 Å².